The highest BCUT2D eigenvalue weighted by Crippen LogP contribution is 2.24. The van der Waals surface area contributed by atoms with Gasteiger partial charge in [-0.15, -0.1) is 0 Å². The van der Waals surface area contributed by atoms with Crippen LogP contribution in [0, 0.1) is 0 Å². The van der Waals surface area contributed by atoms with Crippen LogP contribution in [0.5, 0.6) is 0 Å². The second-order valence-corrected chi connectivity index (χ2v) is 6.30. The average molecular weight is 343 g/mol. The third-order valence-corrected chi connectivity index (χ3v) is 4.73. The number of hydrogen-bond donors (Lipinski definition) is 2. The maximum Gasteiger partial charge on any atom is 0.242 e. The number of halogens is 1. The Morgan fingerprint density at radius 1 is 1.32 bits per heavy atom. The first-order valence-corrected chi connectivity index (χ1v) is 7.56. The highest BCUT2D eigenvalue weighted by molar-refractivity contribution is 9.10. The van der Waals surface area contributed by atoms with Crippen molar-refractivity contribution in [2.45, 2.75) is 11.4 Å². The first kappa shape index (κ1) is 13.9. The van der Waals surface area contributed by atoms with Crippen molar-refractivity contribution < 1.29 is 8.42 Å². The van der Waals surface area contributed by atoms with Crippen LogP contribution in [0.2, 0.25) is 0 Å². The van der Waals surface area contributed by atoms with E-state index in [-0.39, 0.29) is 11.4 Å². The molecule has 0 amide bonds. The fourth-order valence-corrected chi connectivity index (χ4v) is 3.39. The number of hydrogen-bond acceptors (Lipinski definition) is 5. The minimum absolute atomic E-state index is 0.0894. The van der Waals surface area contributed by atoms with Gasteiger partial charge in [-0.1, -0.05) is 0 Å². The summed E-state index contributed by atoms with van der Waals surface area (Å²) in [6, 6.07) is 6.24. The second-order valence-electron chi connectivity index (χ2n) is 3.72. The Morgan fingerprint density at radius 3 is 2.79 bits per heavy atom. The van der Waals surface area contributed by atoms with Gasteiger partial charge in [0, 0.05) is 16.4 Å². The quantitative estimate of drug-likeness (QED) is 0.816. The fraction of sp³-hybridized carbons (Fsp3) is 0.0909. The molecule has 0 radical (unpaired) electrons. The maximum absolute atomic E-state index is 12.1. The molecule has 0 aliphatic carbocycles. The molecule has 19 heavy (non-hydrogen) atoms. The SMILES string of the molecule is Nc1ccc(Br)c(S(=O)(=O)NCc2ccncn2)c1. The highest BCUT2D eigenvalue weighted by atomic mass is 79.9. The fourth-order valence-electron chi connectivity index (χ4n) is 1.40. The van der Waals surface area contributed by atoms with Crippen LogP contribution >= 0.6 is 15.9 Å². The molecule has 3 N–H and O–H groups in total. The van der Waals surface area contributed by atoms with Crippen LogP contribution in [-0.4, -0.2) is 18.4 Å². The number of sulfonamides is 1. The van der Waals surface area contributed by atoms with E-state index in [2.05, 4.69) is 30.6 Å². The van der Waals surface area contributed by atoms with E-state index in [1.54, 1.807) is 24.4 Å². The number of nitrogens with one attached hydrogen (secondary N) is 1. The van der Waals surface area contributed by atoms with Crippen molar-refractivity contribution in [3.63, 3.8) is 0 Å². The highest BCUT2D eigenvalue weighted by Gasteiger charge is 2.17. The lowest BCUT2D eigenvalue weighted by Gasteiger charge is -2.08. The number of nitrogen functional groups attached to an aromatic ring is 1. The predicted molar refractivity (Wildman–Crippen MR) is 74.6 cm³/mol. The van der Waals surface area contributed by atoms with Crippen molar-refractivity contribution in [2.75, 3.05) is 5.73 Å². The van der Waals surface area contributed by atoms with Gasteiger partial charge in [-0.25, -0.2) is 23.1 Å². The number of rotatable bonds is 4. The van der Waals surface area contributed by atoms with Crippen LogP contribution in [-0.2, 0) is 16.6 Å². The molecule has 0 fully saturated rings. The maximum atomic E-state index is 12.1. The van der Waals surface area contributed by atoms with Crippen molar-refractivity contribution in [2.24, 2.45) is 0 Å². The van der Waals surface area contributed by atoms with Gasteiger partial charge in [0.05, 0.1) is 17.1 Å². The van der Waals surface area contributed by atoms with E-state index in [1.165, 1.54) is 12.4 Å². The van der Waals surface area contributed by atoms with Gasteiger partial charge in [-0.2, -0.15) is 0 Å². The van der Waals surface area contributed by atoms with Crippen LogP contribution < -0.4 is 10.5 Å². The van der Waals surface area contributed by atoms with Gasteiger partial charge < -0.3 is 5.73 Å². The number of benzene rings is 1. The standard InChI is InChI=1S/C11H11BrN4O2S/c12-10-2-1-8(13)5-11(10)19(17,18)16-6-9-3-4-14-7-15-9/h1-5,7,16H,6,13H2. The van der Waals surface area contributed by atoms with Crippen LogP contribution in [0.3, 0.4) is 0 Å². The van der Waals surface area contributed by atoms with E-state index < -0.39 is 10.0 Å². The molecule has 1 aromatic heterocycles. The van der Waals surface area contributed by atoms with Gasteiger partial charge in [0.2, 0.25) is 10.0 Å². The Morgan fingerprint density at radius 2 is 2.11 bits per heavy atom. The van der Waals surface area contributed by atoms with E-state index in [0.29, 0.717) is 15.9 Å². The zero-order valence-corrected chi connectivity index (χ0v) is 12.1. The second kappa shape index (κ2) is 5.64. The molecular formula is C11H11BrN4O2S. The molecule has 1 heterocycles. The lowest BCUT2D eigenvalue weighted by Crippen LogP contribution is -2.24. The molecule has 2 aromatic rings. The topological polar surface area (TPSA) is 98.0 Å². The minimum atomic E-state index is -3.65. The van der Waals surface area contributed by atoms with Crippen molar-refractivity contribution in [1.29, 1.82) is 0 Å². The molecule has 0 unspecified atom stereocenters. The lowest BCUT2D eigenvalue weighted by molar-refractivity contribution is 0.580. The molecule has 0 spiro atoms. The Kier molecular flexibility index (Phi) is 4.13. The molecule has 0 atom stereocenters. The molecule has 100 valence electrons. The van der Waals surface area contributed by atoms with Crippen molar-refractivity contribution >= 4 is 31.6 Å². The molecule has 0 bridgehead atoms. The van der Waals surface area contributed by atoms with Crippen molar-refractivity contribution in [1.82, 2.24) is 14.7 Å². The Hall–Kier alpha value is -1.51. The van der Waals surface area contributed by atoms with Gasteiger partial charge in [0.15, 0.2) is 0 Å². The Labute approximate surface area is 119 Å². The molecule has 0 aliphatic rings. The summed E-state index contributed by atoms with van der Waals surface area (Å²) < 4.78 is 27.2. The van der Waals surface area contributed by atoms with Gasteiger partial charge in [0.1, 0.15) is 6.33 Å². The summed E-state index contributed by atoms with van der Waals surface area (Å²) in [6.07, 6.45) is 2.91. The normalized spacial score (nSPS) is 11.4. The monoisotopic (exact) mass is 342 g/mol. The zero-order chi connectivity index (χ0) is 13.9. The predicted octanol–water partition coefficient (Wildman–Crippen LogP) is 1.30. The average Bonchev–Trinajstić information content (AvgIpc) is 2.40. The smallest absolute Gasteiger partial charge is 0.242 e. The van der Waals surface area contributed by atoms with E-state index >= 15 is 0 Å². The molecule has 0 saturated carbocycles. The number of nitrogens with two attached hydrogens (primary N) is 1. The Balaban J connectivity index is 2.21. The third kappa shape index (κ3) is 3.49. The van der Waals surface area contributed by atoms with Crippen LogP contribution in [0.15, 0.2) is 46.2 Å². The molecule has 0 saturated heterocycles. The van der Waals surface area contributed by atoms with E-state index in [9.17, 15) is 8.42 Å². The summed E-state index contributed by atoms with van der Waals surface area (Å²) in [7, 11) is -3.65. The summed E-state index contributed by atoms with van der Waals surface area (Å²) in [5.74, 6) is 0. The van der Waals surface area contributed by atoms with Crippen LogP contribution in [0.4, 0.5) is 5.69 Å². The van der Waals surface area contributed by atoms with E-state index in [0.717, 1.165) is 0 Å². The number of nitrogens with zero attached hydrogens (tertiary/aromatic N) is 2. The molecular weight excluding hydrogens is 332 g/mol. The largest absolute Gasteiger partial charge is 0.399 e. The molecule has 0 aliphatic heterocycles. The van der Waals surface area contributed by atoms with E-state index in [4.69, 9.17) is 5.73 Å². The van der Waals surface area contributed by atoms with Gasteiger partial charge >= 0.3 is 0 Å². The summed E-state index contributed by atoms with van der Waals surface area (Å²) in [4.78, 5) is 7.80. The van der Waals surface area contributed by atoms with Gasteiger partial charge in [0.25, 0.3) is 0 Å². The lowest BCUT2D eigenvalue weighted by atomic mass is 10.3. The third-order valence-electron chi connectivity index (χ3n) is 2.33. The summed E-state index contributed by atoms with van der Waals surface area (Å²) in [5.41, 5.74) is 6.56. The van der Waals surface area contributed by atoms with Crippen molar-refractivity contribution in [3.8, 4) is 0 Å². The Bertz CT molecular complexity index is 676. The summed E-state index contributed by atoms with van der Waals surface area (Å²) in [5, 5.41) is 0. The molecule has 6 nitrogen and oxygen atoms in total. The first-order valence-electron chi connectivity index (χ1n) is 5.28. The molecule has 1 aromatic carbocycles. The zero-order valence-electron chi connectivity index (χ0n) is 9.75. The van der Waals surface area contributed by atoms with Crippen molar-refractivity contribution in [3.05, 3.63) is 47.0 Å². The number of aromatic nitrogens is 2. The van der Waals surface area contributed by atoms with E-state index in [1.807, 2.05) is 0 Å². The first-order chi connectivity index (χ1) is 8.99. The summed E-state index contributed by atoms with van der Waals surface area (Å²) >= 11 is 3.19. The minimum Gasteiger partial charge on any atom is -0.399 e. The van der Waals surface area contributed by atoms with Gasteiger partial charge in [-0.05, 0) is 40.2 Å². The van der Waals surface area contributed by atoms with Crippen LogP contribution in [0.1, 0.15) is 5.69 Å². The molecule has 2 rings (SSSR count). The van der Waals surface area contributed by atoms with Gasteiger partial charge in [-0.3, -0.25) is 0 Å². The summed E-state index contributed by atoms with van der Waals surface area (Å²) in [6.45, 7) is 0.0894. The molecule has 8 heteroatoms. The number of anilines is 1. The van der Waals surface area contributed by atoms with Crippen LogP contribution in [0.25, 0.3) is 0 Å².